The van der Waals surface area contributed by atoms with Crippen molar-refractivity contribution in [1.29, 1.82) is 0 Å². The van der Waals surface area contributed by atoms with E-state index in [1.54, 1.807) is 13.1 Å². The molecule has 1 aliphatic carbocycles. The van der Waals surface area contributed by atoms with E-state index in [0.29, 0.717) is 5.65 Å². The summed E-state index contributed by atoms with van der Waals surface area (Å²) in [5.41, 5.74) is 0.504. The molecule has 2 aromatic rings. The number of hydrogen-bond acceptors (Lipinski definition) is 8. The van der Waals surface area contributed by atoms with Gasteiger partial charge in [0.2, 0.25) is 15.9 Å². The normalized spacial score (nSPS) is 19.1. The fourth-order valence-corrected chi connectivity index (χ4v) is 5.37. The number of nitrogens with zero attached hydrogens (tertiary/aromatic N) is 4. The molecule has 0 radical (unpaired) electrons. The highest BCUT2D eigenvalue weighted by Gasteiger charge is 2.28. The third-order valence-corrected chi connectivity index (χ3v) is 7.57. The van der Waals surface area contributed by atoms with Gasteiger partial charge in [0.1, 0.15) is 12.1 Å². The van der Waals surface area contributed by atoms with E-state index in [2.05, 4.69) is 19.6 Å². The largest absolute Gasteiger partial charge is 0.466 e. The fourth-order valence-electron chi connectivity index (χ4n) is 4.25. The predicted molar refractivity (Wildman–Crippen MR) is 121 cm³/mol. The molecule has 176 valence electrons. The third-order valence-electron chi connectivity index (χ3n) is 6.04. The molecule has 0 amide bonds. The first-order valence-corrected chi connectivity index (χ1v) is 12.6. The van der Waals surface area contributed by atoms with Crippen molar-refractivity contribution in [2.45, 2.75) is 51.5 Å². The maximum Gasteiger partial charge on any atom is 0.306 e. The third kappa shape index (κ3) is 5.63. The summed E-state index contributed by atoms with van der Waals surface area (Å²) in [4.78, 5) is 35.0. The Kier molecular flexibility index (Phi) is 7.83. The van der Waals surface area contributed by atoms with Crippen molar-refractivity contribution in [3.63, 3.8) is 0 Å². The van der Waals surface area contributed by atoms with Crippen LogP contribution in [-0.2, 0) is 19.6 Å². The maximum absolute atomic E-state index is 12.6. The molecule has 1 aliphatic rings. The van der Waals surface area contributed by atoms with Gasteiger partial charge in [-0.15, -0.1) is 0 Å². The monoisotopic (exact) mass is 465 g/mol. The van der Waals surface area contributed by atoms with Crippen LogP contribution >= 0.6 is 0 Å². The number of carbonyl (C=O) groups is 2. The number of nitrogens with one attached hydrogen (secondary N) is 1. The van der Waals surface area contributed by atoms with Gasteiger partial charge < -0.3 is 9.64 Å². The lowest BCUT2D eigenvalue weighted by atomic mass is 9.86. The van der Waals surface area contributed by atoms with Crippen LogP contribution in [0.15, 0.2) is 18.6 Å². The first-order chi connectivity index (χ1) is 15.3. The number of carbonyl (C=O) groups excluding carboxylic acids is 2. The summed E-state index contributed by atoms with van der Waals surface area (Å²) in [5, 5.41) is 0.763. The SMILES string of the molecule is CCOC(=O)CCC(=O)n1ccc2c(N(C)C3CCC(CS(=O)(=O)NC)CC3)ncnc21. The standard InChI is InChI=1S/C21H31N5O5S/c1-4-31-19(28)10-9-18(27)26-12-11-17-20(23-14-24-21(17)26)25(3)16-7-5-15(6-8-16)13-32(29,30)22-2/h11-12,14-16,22H,4-10,13H2,1-3H3. The van der Waals surface area contributed by atoms with E-state index < -0.39 is 16.0 Å². The summed E-state index contributed by atoms with van der Waals surface area (Å²) in [6.45, 7) is 2.01. The Morgan fingerprint density at radius 3 is 2.59 bits per heavy atom. The van der Waals surface area contributed by atoms with Gasteiger partial charge in [-0.2, -0.15) is 0 Å². The van der Waals surface area contributed by atoms with Crippen molar-refractivity contribution in [2.75, 3.05) is 31.4 Å². The predicted octanol–water partition coefficient (Wildman–Crippen LogP) is 1.96. The van der Waals surface area contributed by atoms with Crippen LogP contribution in [-0.4, -0.2) is 67.3 Å². The highest BCUT2D eigenvalue weighted by Crippen LogP contribution is 2.32. The Labute approximate surface area is 188 Å². The molecule has 2 heterocycles. The fraction of sp³-hybridized carbons (Fsp3) is 0.619. The summed E-state index contributed by atoms with van der Waals surface area (Å²) in [7, 11) is 0.212. The highest BCUT2D eigenvalue weighted by atomic mass is 32.2. The summed E-state index contributed by atoms with van der Waals surface area (Å²) in [5.74, 6) is 0.421. The van der Waals surface area contributed by atoms with Gasteiger partial charge in [0, 0.05) is 25.7 Å². The van der Waals surface area contributed by atoms with Crippen LogP contribution in [0, 0.1) is 5.92 Å². The molecular weight excluding hydrogens is 434 g/mol. The molecule has 1 N–H and O–H groups in total. The van der Waals surface area contributed by atoms with Gasteiger partial charge in [-0.25, -0.2) is 23.1 Å². The minimum Gasteiger partial charge on any atom is -0.466 e. The molecule has 1 fully saturated rings. The topological polar surface area (TPSA) is 123 Å². The van der Waals surface area contributed by atoms with Crippen molar-refractivity contribution < 1.29 is 22.7 Å². The zero-order chi connectivity index (χ0) is 23.3. The molecule has 3 rings (SSSR count). The number of sulfonamides is 1. The van der Waals surface area contributed by atoms with E-state index in [-0.39, 0.29) is 43.1 Å². The van der Waals surface area contributed by atoms with Crippen molar-refractivity contribution in [3.05, 3.63) is 18.6 Å². The van der Waals surface area contributed by atoms with Gasteiger partial charge in [-0.1, -0.05) is 0 Å². The second kappa shape index (κ2) is 10.4. The average molecular weight is 466 g/mol. The Morgan fingerprint density at radius 2 is 1.94 bits per heavy atom. The van der Waals surface area contributed by atoms with E-state index in [1.807, 2.05) is 13.1 Å². The van der Waals surface area contributed by atoms with Crippen LogP contribution < -0.4 is 9.62 Å². The lowest BCUT2D eigenvalue weighted by molar-refractivity contribution is -0.143. The zero-order valence-corrected chi connectivity index (χ0v) is 19.6. The van der Waals surface area contributed by atoms with Crippen LogP contribution in [0.4, 0.5) is 5.82 Å². The summed E-state index contributed by atoms with van der Waals surface area (Å²) >= 11 is 0. The molecule has 2 aromatic heterocycles. The number of anilines is 1. The van der Waals surface area contributed by atoms with Gasteiger partial charge in [0.05, 0.1) is 24.2 Å². The van der Waals surface area contributed by atoms with Gasteiger partial charge >= 0.3 is 5.97 Å². The average Bonchev–Trinajstić information content (AvgIpc) is 3.22. The Balaban J connectivity index is 1.69. The molecule has 0 bridgehead atoms. The Morgan fingerprint density at radius 1 is 1.22 bits per heavy atom. The summed E-state index contributed by atoms with van der Waals surface area (Å²) in [6, 6.07) is 2.04. The van der Waals surface area contributed by atoms with Gasteiger partial charge in [-0.05, 0) is 51.6 Å². The lowest BCUT2D eigenvalue weighted by Crippen LogP contribution is -2.38. The Hall–Kier alpha value is -2.53. The number of rotatable bonds is 9. The maximum atomic E-state index is 12.6. The van der Waals surface area contributed by atoms with E-state index in [4.69, 9.17) is 4.74 Å². The van der Waals surface area contributed by atoms with Crippen LogP contribution in [0.25, 0.3) is 11.0 Å². The first-order valence-electron chi connectivity index (χ1n) is 10.9. The zero-order valence-electron chi connectivity index (χ0n) is 18.8. The number of ether oxygens (including phenoxy) is 1. The number of aromatic nitrogens is 3. The molecule has 0 aromatic carbocycles. The minimum atomic E-state index is -3.20. The minimum absolute atomic E-state index is 0.0245. The molecule has 0 aliphatic heterocycles. The smallest absolute Gasteiger partial charge is 0.306 e. The second-order valence-electron chi connectivity index (χ2n) is 8.09. The van der Waals surface area contributed by atoms with Crippen molar-refractivity contribution in [2.24, 2.45) is 5.92 Å². The Bertz CT molecular complexity index is 1060. The van der Waals surface area contributed by atoms with Crippen LogP contribution in [0.1, 0.15) is 50.2 Å². The molecule has 10 nitrogen and oxygen atoms in total. The van der Waals surface area contributed by atoms with E-state index in [0.717, 1.165) is 36.9 Å². The van der Waals surface area contributed by atoms with Crippen LogP contribution in [0.5, 0.6) is 0 Å². The van der Waals surface area contributed by atoms with Crippen LogP contribution in [0.3, 0.4) is 0 Å². The van der Waals surface area contributed by atoms with Crippen molar-refractivity contribution >= 4 is 38.8 Å². The van der Waals surface area contributed by atoms with E-state index in [1.165, 1.54) is 17.9 Å². The molecule has 11 heteroatoms. The molecule has 1 saturated carbocycles. The highest BCUT2D eigenvalue weighted by molar-refractivity contribution is 7.89. The molecule has 0 unspecified atom stereocenters. The second-order valence-corrected chi connectivity index (χ2v) is 10.1. The molecular formula is C21H31N5O5S. The first kappa shape index (κ1) is 24.1. The van der Waals surface area contributed by atoms with E-state index >= 15 is 0 Å². The molecule has 0 spiro atoms. The van der Waals surface area contributed by atoms with E-state index in [9.17, 15) is 18.0 Å². The van der Waals surface area contributed by atoms with Gasteiger partial charge in [0.15, 0.2) is 5.65 Å². The van der Waals surface area contributed by atoms with Crippen molar-refractivity contribution in [1.82, 2.24) is 19.3 Å². The number of fused-ring (bicyclic) bond motifs is 1. The molecule has 32 heavy (non-hydrogen) atoms. The number of esters is 1. The summed E-state index contributed by atoms with van der Waals surface area (Å²) < 4.78 is 32.4. The van der Waals surface area contributed by atoms with Crippen LogP contribution in [0.2, 0.25) is 0 Å². The van der Waals surface area contributed by atoms with Crippen molar-refractivity contribution in [3.8, 4) is 0 Å². The summed E-state index contributed by atoms with van der Waals surface area (Å²) in [6.07, 6.45) is 6.55. The molecule has 0 atom stereocenters. The molecule has 0 saturated heterocycles. The quantitative estimate of drug-likeness (QED) is 0.558. The van der Waals surface area contributed by atoms with Gasteiger partial charge in [0.25, 0.3) is 0 Å². The lowest BCUT2D eigenvalue weighted by Gasteiger charge is -2.35. The number of hydrogen-bond donors (Lipinski definition) is 1. The van der Waals surface area contributed by atoms with Gasteiger partial charge in [-0.3, -0.25) is 14.2 Å².